The minimum absolute atomic E-state index is 0.205. The van der Waals surface area contributed by atoms with Crippen molar-refractivity contribution in [2.24, 2.45) is 0 Å². The summed E-state index contributed by atoms with van der Waals surface area (Å²) in [6, 6.07) is 0. The third-order valence-corrected chi connectivity index (χ3v) is 3.71. The second kappa shape index (κ2) is 4.71. The van der Waals surface area contributed by atoms with Gasteiger partial charge in [-0.15, -0.1) is 11.3 Å². The lowest BCUT2D eigenvalue weighted by atomic mass is 10.0. The van der Waals surface area contributed by atoms with Crippen LogP contribution in [0.4, 0.5) is 0 Å². The summed E-state index contributed by atoms with van der Waals surface area (Å²) in [5, 5.41) is 0. The molecule has 1 aliphatic rings. The van der Waals surface area contributed by atoms with Crippen LogP contribution in [-0.2, 0) is 0 Å². The van der Waals surface area contributed by atoms with Gasteiger partial charge in [-0.1, -0.05) is 12.5 Å². The summed E-state index contributed by atoms with van der Waals surface area (Å²) in [5.41, 5.74) is 3.62. The molecule has 1 aliphatic carbocycles. The lowest BCUT2D eigenvalue weighted by molar-refractivity contribution is 0.103. The van der Waals surface area contributed by atoms with Crippen molar-refractivity contribution >= 4 is 17.1 Å². The van der Waals surface area contributed by atoms with Crippen molar-refractivity contribution in [2.45, 2.75) is 39.0 Å². The minimum Gasteiger partial charge on any atom is -0.288 e. The SMILES string of the molecule is Cc1ncsc1C(=O)C1=CCCCCC1. The molecule has 80 valence electrons. The van der Waals surface area contributed by atoms with Crippen LogP contribution in [0.3, 0.4) is 0 Å². The monoisotopic (exact) mass is 221 g/mol. The van der Waals surface area contributed by atoms with Gasteiger partial charge in [0, 0.05) is 0 Å². The molecule has 0 aliphatic heterocycles. The Kier molecular flexibility index (Phi) is 3.31. The predicted molar refractivity (Wildman–Crippen MR) is 62.3 cm³/mol. The number of carbonyl (C=O) groups excluding carboxylic acids is 1. The van der Waals surface area contributed by atoms with Crippen molar-refractivity contribution in [3.63, 3.8) is 0 Å². The van der Waals surface area contributed by atoms with Gasteiger partial charge in [0.15, 0.2) is 0 Å². The number of hydrogen-bond donors (Lipinski definition) is 0. The molecule has 0 saturated heterocycles. The molecule has 0 radical (unpaired) electrons. The van der Waals surface area contributed by atoms with E-state index in [9.17, 15) is 4.79 Å². The van der Waals surface area contributed by atoms with Crippen molar-refractivity contribution in [3.8, 4) is 0 Å². The van der Waals surface area contributed by atoms with Crippen molar-refractivity contribution < 1.29 is 4.79 Å². The standard InChI is InChI=1S/C12H15NOS/c1-9-12(15-8-13-9)11(14)10-6-4-2-3-5-7-10/h6,8H,2-5,7H2,1H3. The summed E-state index contributed by atoms with van der Waals surface area (Å²) in [4.78, 5) is 17.1. The molecule has 0 N–H and O–H groups in total. The summed E-state index contributed by atoms with van der Waals surface area (Å²) < 4.78 is 0. The molecule has 15 heavy (non-hydrogen) atoms. The summed E-state index contributed by atoms with van der Waals surface area (Å²) in [6.07, 6.45) is 7.73. The van der Waals surface area contributed by atoms with Crippen LogP contribution in [0, 0.1) is 6.92 Å². The van der Waals surface area contributed by atoms with E-state index >= 15 is 0 Å². The number of aryl methyl sites for hydroxylation is 1. The average Bonchev–Trinajstić information content (AvgIpc) is 2.53. The maximum atomic E-state index is 12.1. The third kappa shape index (κ3) is 2.34. The Morgan fingerprint density at radius 3 is 3.00 bits per heavy atom. The Labute approximate surface area is 94.0 Å². The van der Waals surface area contributed by atoms with Gasteiger partial charge in [-0.3, -0.25) is 4.79 Å². The zero-order valence-corrected chi connectivity index (χ0v) is 9.77. The second-order valence-corrected chi connectivity index (χ2v) is 4.78. The molecule has 0 fully saturated rings. The minimum atomic E-state index is 0.205. The molecule has 1 aromatic rings. The van der Waals surface area contributed by atoms with Crippen LogP contribution in [-0.4, -0.2) is 10.8 Å². The van der Waals surface area contributed by atoms with Crippen molar-refractivity contribution in [3.05, 3.63) is 27.7 Å². The maximum Gasteiger partial charge on any atom is 0.200 e. The third-order valence-electron chi connectivity index (χ3n) is 2.78. The van der Waals surface area contributed by atoms with Gasteiger partial charge < -0.3 is 0 Å². The number of Topliss-reactive ketones (excluding diaryl/α,β-unsaturated/α-hetero) is 1. The number of allylic oxidation sites excluding steroid dienone is 2. The summed E-state index contributed by atoms with van der Waals surface area (Å²) in [5.74, 6) is 0.205. The number of rotatable bonds is 2. The molecule has 1 aromatic heterocycles. The zero-order valence-electron chi connectivity index (χ0n) is 8.95. The highest BCUT2D eigenvalue weighted by Crippen LogP contribution is 2.23. The Morgan fingerprint density at radius 2 is 2.27 bits per heavy atom. The fraction of sp³-hybridized carbons (Fsp3) is 0.500. The second-order valence-electron chi connectivity index (χ2n) is 3.92. The first-order valence-corrected chi connectivity index (χ1v) is 6.31. The first kappa shape index (κ1) is 10.6. The van der Waals surface area contributed by atoms with Crippen LogP contribution in [0.5, 0.6) is 0 Å². The van der Waals surface area contributed by atoms with E-state index < -0.39 is 0 Å². The lowest BCUT2D eigenvalue weighted by Crippen LogP contribution is -2.02. The Bertz CT molecular complexity index is 392. The summed E-state index contributed by atoms with van der Waals surface area (Å²) in [7, 11) is 0. The van der Waals surface area contributed by atoms with Crippen LogP contribution in [0.1, 0.15) is 47.5 Å². The Hall–Kier alpha value is -0.960. The lowest BCUT2D eigenvalue weighted by Gasteiger charge is -2.02. The number of thiazole rings is 1. The predicted octanol–water partition coefficient (Wildman–Crippen LogP) is 3.52. The molecule has 1 heterocycles. The van der Waals surface area contributed by atoms with Crippen LogP contribution in [0.2, 0.25) is 0 Å². The van der Waals surface area contributed by atoms with Crippen LogP contribution < -0.4 is 0 Å². The molecule has 2 nitrogen and oxygen atoms in total. The van der Waals surface area contributed by atoms with Gasteiger partial charge in [0.2, 0.25) is 5.78 Å². The molecule has 2 rings (SSSR count). The smallest absolute Gasteiger partial charge is 0.200 e. The van der Waals surface area contributed by atoms with E-state index in [-0.39, 0.29) is 5.78 Å². The van der Waals surface area contributed by atoms with Gasteiger partial charge in [-0.25, -0.2) is 4.98 Å². The largest absolute Gasteiger partial charge is 0.288 e. The maximum absolute atomic E-state index is 12.1. The van der Waals surface area contributed by atoms with Crippen LogP contribution >= 0.6 is 11.3 Å². The van der Waals surface area contributed by atoms with E-state index in [1.165, 1.54) is 24.2 Å². The van der Waals surface area contributed by atoms with Crippen LogP contribution in [0.15, 0.2) is 17.2 Å². The highest BCUT2D eigenvalue weighted by atomic mass is 32.1. The number of ketones is 1. The number of hydrogen-bond acceptors (Lipinski definition) is 3. The Morgan fingerprint density at radius 1 is 1.40 bits per heavy atom. The van der Waals surface area contributed by atoms with Crippen molar-refractivity contribution in [2.75, 3.05) is 0 Å². The van der Waals surface area contributed by atoms with Gasteiger partial charge in [-0.05, 0) is 38.2 Å². The molecule has 0 unspecified atom stereocenters. The van der Waals surface area contributed by atoms with E-state index in [1.807, 2.05) is 6.92 Å². The van der Waals surface area contributed by atoms with Crippen molar-refractivity contribution in [1.82, 2.24) is 4.98 Å². The van der Waals surface area contributed by atoms with Gasteiger partial charge in [0.25, 0.3) is 0 Å². The highest BCUT2D eigenvalue weighted by Gasteiger charge is 2.17. The molecule has 3 heteroatoms. The number of aromatic nitrogens is 1. The van der Waals surface area contributed by atoms with E-state index in [2.05, 4.69) is 11.1 Å². The number of carbonyl (C=O) groups is 1. The van der Waals surface area contributed by atoms with Gasteiger partial charge in [0.1, 0.15) is 0 Å². The molecular formula is C12H15NOS. The molecule has 0 atom stereocenters. The van der Waals surface area contributed by atoms with E-state index in [1.54, 1.807) is 5.51 Å². The molecule has 0 amide bonds. The normalized spacial score (nSPS) is 17.0. The quantitative estimate of drug-likeness (QED) is 0.715. The first-order chi connectivity index (χ1) is 7.29. The Balaban J connectivity index is 2.20. The molecule has 0 spiro atoms. The van der Waals surface area contributed by atoms with Gasteiger partial charge in [-0.2, -0.15) is 0 Å². The first-order valence-electron chi connectivity index (χ1n) is 5.43. The molecule has 0 bridgehead atoms. The van der Waals surface area contributed by atoms with E-state index in [0.29, 0.717) is 0 Å². The van der Waals surface area contributed by atoms with Crippen molar-refractivity contribution in [1.29, 1.82) is 0 Å². The zero-order chi connectivity index (χ0) is 10.7. The fourth-order valence-corrected chi connectivity index (χ4v) is 2.66. The fourth-order valence-electron chi connectivity index (χ4n) is 1.89. The van der Waals surface area contributed by atoms with E-state index in [4.69, 9.17) is 0 Å². The highest BCUT2D eigenvalue weighted by molar-refractivity contribution is 7.12. The molecule has 0 saturated carbocycles. The van der Waals surface area contributed by atoms with Gasteiger partial charge in [0.05, 0.1) is 16.1 Å². The summed E-state index contributed by atoms with van der Waals surface area (Å²) >= 11 is 1.46. The topological polar surface area (TPSA) is 30.0 Å². The van der Waals surface area contributed by atoms with Gasteiger partial charge >= 0.3 is 0 Å². The molecule has 0 aromatic carbocycles. The number of nitrogens with zero attached hydrogens (tertiary/aromatic N) is 1. The molecular weight excluding hydrogens is 206 g/mol. The van der Waals surface area contributed by atoms with E-state index in [0.717, 1.165) is 35.4 Å². The van der Waals surface area contributed by atoms with Crippen LogP contribution in [0.25, 0.3) is 0 Å². The average molecular weight is 221 g/mol. The summed E-state index contributed by atoms with van der Waals surface area (Å²) in [6.45, 7) is 1.90.